The van der Waals surface area contributed by atoms with Crippen LogP contribution in [0.1, 0.15) is 44.7 Å². The van der Waals surface area contributed by atoms with E-state index in [1.807, 2.05) is 20.8 Å². The van der Waals surface area contributed by atoms with Crippen molar-refractivity contribution in [3.63, 3.8) is 0 Å². The average Bonchev–Trinajstić information content (AvgIpc) is 2.47. The summed E-state index contributed by atoms with van der Waals surface area (Å²) in [5.74, 6) is 0.399. The molecule has 122 valence electrons. The Balaban J connectivity index is 1.95. The fraction of sp³-hybridized carbons (Fsp3) is 0.353. The molecule has 1 unspecified atom stereocenters. The van der Waals surface area contributed by atoms with Crippen LogP contribution in [0.25, 0.3) is 0 Å². The highest BCUT2D eigenvalue weighted by atomic mass is 35.5. The molecule has 0 fully saturated rings. The van der Waals surface area contributed by atoms with Gasteiger partial charge in [-0.05, 0) is 17.7 Å². The van der Waals surface area contributed by atoms with Crippen molar-refractivity contribution in [2.24, 2.45) is 0 Å². The van der Waals surface area contributed by atoms with E-state index in [-0.39, 0.29) is 17.7 Å². The molecule has 1 aromatic heterocycles. The summed E-state index contributed by atoms with van der Waals surface area (Å²) in [6.45, 7) is 6.05. The van der Waals surface area contributed by atoms with Gasteiger partial charge in [0.2, 0.25) is 5.91 Å². The summed E-state index contributed by atoms with van der Waals surface area (Å²) in [7, 11) is 0. The number of rotatable bonds is 4. The highest BCUT2D eigenvalue weighted by molar-refractivity contribution is 6.30. The minimum atomic E-state index is -0.887. The maximum absolute atomic E-state index is 12.0. The second-order valence-corrected chi connectivity index (χ2v) is 6.80. The topological polar surface area (TPSA) is 75.1 Å². The van der Waals surface area contributed by atoms with Crippen molar-refractivity contribution in [2.75, 3.05) is 5.32 Å². The summed E-state index contributed by atoms with van der Waals surface area (Å²) >= 11 is 5.80. The van der Waals surface area contributed by atoms with Crippen LogP contribution in [0.3, 0.4) is 0 Å². The molecule has 1 atom stereocenters. The number of anilines is 1. The number of aliphatic hydroxyl groups excluding tert-OH is 1. The molecule has 0 aliphatic carbocycles. The fourth-order valence-corrected chi connectivity index (χ4v) is 2.10. The van der Waals surface area contributed by atoms with E-state index >= 15 is 0 Å². The summed E-state index contributed by atoms with van der Waals surface area (Å²) < 4.78 is 0. The lowest BCUT2D eigenvalue weighted by atomic mass is 9.96. The average molecular weight is 334 g/mol. The number of halogens is 1. The van der Waals surface area contributed by atoms with Gasteiger partial charge in [-0.15, -0.1) is 0 Å². The third kappa shape index (κ3) is 5.01. The first-order chi connectivity index (χ1) is 10.8. The van der Waals surface area contributed by atoms with Gasteiger partial charge >= 0.3 is 0 Å². The Morgan fingerprint density at radius 3 is 2.30 bits per heavy atom. The minimum Gasteiger partial charge on any atom is -0.388 e. The second-order valence-electron chi connectivity index (χ2n) is 6.36. The van der Waals surface area contributed by atoms with Crippen molar-refractivity contribution < 1.29 is 9.90 Å². The van der Waals surface area contributed by atoms with Crippen LogP contribution in [-0.2, 0) is 10.2 Å². The number of hydrogen-bond acceptors (Lipinski definition) is 4. The first kappa shape index (κ1) is 17.4. The molecule has 0 bridgehead atoms. The standard InChI is InChI=1S/C17H20ClN3O2/c1-17(2,3)16-19-9-13(10-20-16)21-15(23)8-14(22)11-4-6-12(18)7-5-11/h4-7,9-10,14,22H,8H2,1-3H3,(H,21,23). The van der Waals surface area contributed by atoms with Gasteiger partial charge in [-0.2, -0.15) is 0 Å². The molecule has 1 amide bonds. The predicted octanol–water partition coefficient (Wildman–Crippen LogP) is 3.49. The third-order valence-corrected chi connectivity index (χ3v) is 3.49. The van der Waals surface area contributed by atoms with E-state index in [9.17, 15) is 9.90 Å². The minimum absolute atomic E-state index is 0.0529. The zero-order valence-electron chi connectivity index (χ0n) is 13.4. The Bertz CT molecular complexity index is 664. The van der Waals surface area contributed by atoms with Crippen LogP contribution in [-0.4, -0.2) is 21.0 Å². The Labute approximate surface area is 140 Å². The van der Waals surface area contributed by atoms with Gasteiger partial charge in [0.25, 0.3) is 0 Å². The maximum Gasteiger partial charge on any atom is 0.227 e. The van der Waals surface area contributed by atoms with Gasteiger partial charge in [-0.25, -0.2) is 9.97 Å². The van der Waals surface area contributed by atoms with E-state index in [4.69, 9.17) is 11.6 Å². The van der Waals surface area contributed by atoms with Gasteiger partial charge in [0.05, 0.1) is 30.6 Å². The number of nitrogens with one attached hydrogen (secondary N) is 1. The number of amides is 1. The maximum atomic E-state index is 12.0. The van der Waals surface area contributed by atoms with Crippen molar-refractivity contribution in [3.8, 4) is 0 Å². The van der Waals surface area contributed by atoms with Crippen LogP contribution in [0.4, 0.5) is 5.69 Å². The Kier molecular flexibility index (Phi) is 5.34. The molecule has 5 nitrogen and oxygen atoms in total. The number of aliphatic hydroxyl groups is 1. The summed E-state index contributed by atoms with van der Waals surface area (Å²) in [4.78, 5) is 20.5. The molecule has 2 N–H and O–H groups in total. The van der Waals surface area contributed by atoms with Crippen LogP contribution in [0, 0.1) is 0 Å². The molecule has 0 saturated heterocycles. The van der Waals surface area contributed by atoms with E-state index in [2.05, 4.69) is 15.3 Å². The largest absolute Gasteiger partial charge is 0.388 e. The van der Waals surface area contributed by atoms with E-state index in [0.29, 0.717) is 22.1 Å². The number of carbonyl (C=O) groups is 1. The Morgan fingerprint density at radius 1 is 1.22 bits per heavy atom. The highest BCUT2D eigenvalue weighted by Crippen LogP contribution is 2.21. The van der Waals surface area contributed by atoms with E-state index in [1.165, 1.54) is 0 Å². The van der Waals surface area contributed by atoms with Crippen LogP contribution in [0.5, 0.6) is 0 Å². The summed E-state index contributed by atoms with van der Waals surface area (Å²) in [5, 5.41) is 13.3. The van der Waals surface area contributed by atoms with E-state index < -0.39 is 6.10 Å². The third-order valence-electron chi connectivity index (χ3n) is 3.24. The monoisotopic (exact) mass is 333 g/mol. The molecule has 1 heterocycles. The zero-order chi connectivity index (χ0) is 17.0. The lowest BCUT2D eigenvalue weighted by Gasteiger charge is -2.16. The SMILES string of the molecule is CC(C)(C)c1ncc(NC(=O)CC(O)c2ccc(Cl)cc2)cn1. The highest BCUT2D eigenvalue weighted by Gasteiger charge is 2.17. The molecular formula is C17H20ClN3O2. The molecule has 0 radical (unpaired) electrons. The van der Waals surface area contributed by atoms with Crippen molar-refractivity contribution in [1.29, 1.82) is 0 Å². The van der Waals surface area contributed by atoms with Crippen LogP contribution in [0.2, 0.25) is 5.02 Å². The first-order valence-electron chi connectivity index (χ1n) is 7.31. The van der Waals surface area contributed by atoms with Crippen molar-refractivity contribution in [2.45, 2.75) is 38.7 Å². The van der Waals surface area contributed by atoms with Gasteiger partial charge in [0, 0.05) is 10.4 Å². The molecule has 0 saturated carbocycles. The van der Waals surface area contributed by atoms with Crippen LogP contribution in [0.15, 0.2) is 36.7 Å². The summed E-state index contributed by atoms with van der Waals surface area (Å²) in [6, 6.07) is 6.75. The van der Waals surface area contributed by atoms with Crippen molar-refractivity contribution in [3.05, 3.63) is 53.1 Å². The van der Waals surface area contributed by atoms with Gasteiger partial charge in [0.15, 0.2) is 0 Å². The lowest BCUT2D eigenvalue weighted by molar-refractivity contribution is -0.118. The molecule has 2 aromatic rings. The van der Waals surface area contributed by atoms with Crippen LogP contribution >= 0.6 is 11.6 Å². The van der Waals surface area contributed by atoms with E-state index in [0.717, 1.165) is 0 Å². The fourth-order valence-electron chi connectivity index (χ4n) is 1.97. The number of nitrogens with zero attached hydrogens (tertiary/aromatic N) is 2. The smallest absolute Gasteiger partial charge is 0.227 e. The van der Waals surface area contributed by atoms with Gasteiger partial charge < -0.3 is 10.4 Å². The van der Waals surface area contributed by atoms with Gasteiger partial charge in [-0.3, -0.25) is 4.79 Å². The Hall–Kier alpha value is -1.98. The number of benzene rings is 1. The first-order valence-corrected chi connectivity index (χ1v) is 7.69. The zero-order valence-corrected chi connectivity index (χ0v) is 14.1. The van der Waals surface area contributed by atoms with Crippen molar-refractivity contribution >= 4 is 23.2 Å². The quantitative estimate of drug-likeness (QED) is 0.898. The molecule has 23 heavy (non-hydrogen) atoms. The number of hydrogen-bond donors (Lipinski definition) is 2. The summed E-state index contributed by atoms with van der Waals surface area (Å²) in [6.07, 6.45) is 2.20. The number of aromatic nitrogens is 2. The predicted molar refractivity (Wildman–Crippen MR) is 90.4 cm³/mol. The van der Waals surface area contributed by atoms with Crippen LogP contribution < -0.4 is 5.32 Å². The molecule has 0 aliphatic heterocycles. The molecule has 0 spiro atoms. The van der Waals surface area contributed by atoms with Gasteiger partial charge in [-0.1, -0.05) is 44.5 Å². The number of carbonyl (C=O) groups excluding carboxylic acids is 1. The summed E-state index contributed by atoms with van der Waals surface area (Å²) in [5.41, 5.74) is 1.00. The molecule has 2 rings (SSSR count). The molecular weight excluding hydrogens is 314 g/mol. The molecule has 1 aromatic carbocycles. The lowest BCUT2D eigenvalue weighted by Crippen LogP contribution is -2.18. The second kappa shape index (κ2) is 7.06. The molecule has 6 heteroatoms. The van der Waals surface area contributed by atoms with Gasteiger partial charge in [0.1, 0.15) is 5.82 Å². The van der Waals surface area contributed by atoms with E-state index in [1.54, 1.807) is 36.7 Å². The normalized spacial score (nSPS) is 12.7. The molecule has 0 aliphatic rings. The van der Waals surface area contributed by atoms with Crippen molar-refractivity contribution in [1.82, 2.24) is 9.97 Å². The Morgan fingerprint density at radius 2 is 1.78 bits per heavy atom.